The lowest BCUT2D eigenvalue weighted by molar-refractivity contribution is 0.0697. The molecule has 0 aliphatic carbocycles. The van der Waals surface area contributed by atoms with E-state index in [4.69, 9.17) is 17.3 Å². The van der Waals surface area contributed by atoms with Crippen molar-refractivity contribution in [1.29, 1.82) is 0 Å². The molecular weight excluding hydrogens is 314 g/mol. The Kier molecular flexibility index (Phi) is 4.15. The van der Waals surface area contributed by atoms with E-state index in [1.54, 1.807) is 6.92 Å². The van der Waals surface area contributed by atoms with Gasteiger partial charge in [0.2, 0.25) is 0 Å². The number of rotatable bonds is 3. The summed E-state index contributed by atoms with van der Waals surface area (Å²) in [6.45, 7) is 1.58. The molecule has 0 saturated heterocycles. The van der Waals surface area contributed by atoms with Gasteiger partial charge in [0.25, 0.3) is 5.91 Å². The number of hydrogen-bond donors (Lipinski definition) is 2. The fourth-order valence-electron chi connectivity index (χ4n) is 1.85. The van der Waals surface area contributed by atoms with Gasteiger partial charge in [0.05, 0.1) is 5.69 Å². The van der Waals surface area contributed by atoms with Crippen molar-refractivity contribution < 1.29 is 14.7 Å². The molecule has 0 saturated carbocycles. The molecule has 110 valence electrons. The first-order valence-corrected chi connectivity index (χ1v) is 7.00. The molecule has 0 bridgehead atoms. The number of aromatic carboxylic acids is 1. The van der Waals surface area contributed by atoms with E-state index in [0.29, 0.717) is 16.4 Å². The van der Waals surface area contributed by atoms with Crippen molar-refractivity contribution in [2.24, 2.45) is 0 Å². The maximum Gasteiger partial charge on any atom is 0.340 e. The SMILES string of the molecule is Cc1nsc(N(C)C(=O)c2cc(N)cc(Cl)c2)c1C(=O)O. The molecule has 2 rings (SSSR count). The summed E-state index contributed by atoms with van der Waals surface area (Å²) in [5.74, 6) is -1.53. The number of carboxylic acid groups (broad SMARTS) is 1. The first-order valence-electron chi connectivity index (χ1n) is 5.85. The highest BCUT2D eigenvalue weighted by atomic mass is 35.5. The predicted molar refractivity (Wildman–Crippen MR) is 82.4 cm³/mol. The number of carbonyl (C=O) groups is 2. The molecule has 0 spiro atoms. The summed E-state index contributed by atoms with van der Waals surface area (Å²) in [4.78, 5) is 24.9. The van der Waals surface area contributed by atoms with E-state index in [1.807, 2.05) is 0 Å². The van der Waals surface area contributed by atoms with Crippen molar-refractivity contribution >= 4 is 45.7 Å². The summed E-state index contributed by atoms with van der Waals surface area (Å²) in [5, 5.41) is 9.82. The van der Waals surface area contributed by atoms with Crippen LogP contribution in [-0.4, -0.2) is 28.4 Å². The molecule has 0 aliphatic rings. The number of hydrogen-bond acceptors (Lipinski definition) is 5. The quantitative estimate of drug-likeness (QED) is 0.846. The molecule has 2 aromatic rings. The first-order chi connectivity index (χ1) is 9.81. The van der Waals surface area contributed by atoms with Crippen LogP contribution in [0.25, 0.3) is 0 Å². The summed E-state index contributed by atoms with van der Waals surface area (Å²) < 4.78 is 3.99. The van der Waals surface area contributed by atoms with Gasteiger partial charge in [-0.25, -0.2) is 4.79 Å². The zero-order valence-corrected chi connectivity index (χ0v) is 12.8. The van der Waals surface area contributed by atoms with Crippen molar-refractivity contribution in [2.75, 3.05) is 17.7 Å². The van der Waals surface area contributed by atoms with Gasteiger partial charge in [-0.2, -0.15) is 4.37 Å². The van der Waals surface area contributed by atoms with Crippen LogP contribution in [0, 0.1) is 6.92 Å². The standard InChI is InChI=1S/C13H12ClN3O3S/c1-6-10(13(19)20)12(21-16-6)17(2)11(18)7-3-8(14)5-9(15)4-7/h3-5H,15H2,1-2H3,(H,19,20). The van der Waals surface area contributed by atoms with Gasteiger partial charge in [0.1, 0.15) is 10.6 Å². The third-order valence-corrected chi connectivity index (χ3v) is 4.07. The van der Waals surface area contributed by atoms with E-state index < -0.39 is 11.9 Å². The number of carbonyl (C=O) groups excluding carboxylic acids is 1. The van der Waals surface area contributed by atoms with Gasteiger partial charge < -0.3 is 15.7 Å². The molecule has 0 atom stereocenters. The molecule has 1 heterocycles. The average Bonchev–Trinajstić information content (AvgIpc) is 2.77. The molecule has 0 aliphatic heterocycles. The Morgan fingerprint density at radius 2 is 2.05 bits per heavy atom. The second-order valence-electron chi connectivity index (χ2n) is 4.39. The molecule has 1 aromatic carbocycles. The van der Waals surface area contributed by atoms with Crippen LogP contribution in [-0.2, 0) is 0 Å². The highest BCUT2D eigenvalue weighted by molar-refractivity contribution is 7.11. The molecular formula is C13H12ClN3O3S. The third kappa shape index (κ3) is 2.98. The number of aromatic nitrogens is 1. The number of nitrogens with two attached hydrogens (primary N) is 1. The monoisotopic (exact) mass is 325 g/mol. The van der Waals surface area contributed by atoms with Gasteiger partial charge in [0, 0.05) is 23.3 Å². The molecule has 21 heavy (non-hydrogen) atoms. The minimum absolute atomic E-state index is 0.0193. The van der Waals surface area contributed by atoms with Crippen LogP contribution in [0.5, 0.6) is 0 Å². The van der Waals surface area contributed by atoms with Gasteiger partial charge in [0.15, 0.2) is 0 Å². The van der Waals surface area contributed by atoms with E-state index in [9.17, 15) is 14.7 Å². The molecule has 8 heteroatoms. The molecule has 1 amide bonds. The normalized spacial score (nSPS) is 10.4. The number of anilines is 2. The van der Waals surface area contributed by atoms with Crippen LogP contribution < -0.4 is 10.6 Å². The molecule has 0 unspecified atom stereocenters. The van der Waals surface area contributed by atoms with E-state index in [1.165, 1.54) is 30.1 Å². The Balaban J connectivity index is 2.42. The summed E-state index contributed by atoms with van der Waals surface area (Å²) >= 11 is 6.83. The molecule has 3 N–H and O–H groups in total. The Morgan fingerprint density at radius 3 is 2.62 bits per heavy atom. The van der Waals surface area contributed by atoms with Gasteiger partial charge in [-0.1, -0.05) is 11.6 Å². The molecule has 0 radical (unpaired) electrons. The van der Waals surface area contributed by atoms with Gasteiger partial charge in [-0.15, -0.1) is 0 Å². The lowest BCUT2D eigenvalue weighted by atomic mass is 10.1. The van der Waals surface area contributed by atoms with Gasteiger partial charge in [-0.05, 0) is 36.7 Å². The number of benzene rings is 1. The fraction of sp³-hybridized carbons (Fsp3) is 0.154. The minimum atomic E-state index is -1.12. The zero-order chi connectivity index (χ0) is 15.7. The number of halogens is 1. The minimum Gasteiger partial charge on any atom is -0.478 e. The van der Waals surface area contributed by atoms with Crippen LogP contribution in [0.2, 0.25) is 5.02 Å². The lowest BCUT2D eigenvalue weighted by Crippen LogP contribution is -2.27. The lowest BCUT2D eigenvalue weighted by Gasteiger charge is -2.16. The van der Waals surface area contributed by atoms with Crippen molar-refractivity contribution in [1.82, 2.24) is 4.37 Å². The maximum absolute atomic E-state index is 12.4. The third-order valence-electron chi connectivity index (χ3n) is 2.83. The first kappa shape index (κ1) is 15.3. The van der Waals surface area contributed by atoms with Crippen LogP contribution in [0.15, 0.2) is 18.2 Å². The summed E-state index contributed by atoms with van der Waals surface area (Å²) in [5.41, 5.74) is 6.69. The number of aryl methyl sites for hydroxylation is 1. The molecule has 0 fully saturated rings. The number of nitrogen functional groups attached to an aromatic ring is 1. The Bertz CT molecular complexity index is 709. The number of carboxylic acids is 1. The van der Waals surface area contributed by atoms with Crippen molar-refractivity contribution in [3.05, 3.63) is 40.0 Å². The summed E-state index contributed by atoms with van der Waals surface area (Å²) in [6.07, 6.45) is 0. The summed E-state index contributed by atoms with van der Waals surface area (Å²) in [6, 6.07) is 4.49. The highest BCUT2D eigenvalue weighted by Crippen LogP contribution is 2.29. The smallest absolute Gasteiger partial charge is 0.340 e. The Hall–Kier alpha value is -2.12. The van der Waals surface area contributed by atoms with Gasteiger partial charge >= 0.3 is 5.97 Å². The second kappa shape index (κ2) is 5.71. The Labute approximate surface area is 129 Å². The average molecular weight is 326 g/mol. The topological polar surface area (TPSA) is 96.5 Å². The van der Waals surface area contributed by atoms with E-state index in [0.717, 1.165) is 11.5 Å². The van der Waals surface area contributed by atoms with E-state index >= 15 is 0 Å². The van der Waals surface area contributed by atoms with Crippen LogP contribution in [0.4, 0.5) is 10.7 Å². The van der Waals surface area contributed by atoms with Crippen LogP contribution in [0.3, 0.4) is 0 Å². The molecule has 1 aromatic heterocycles. The Morgan fingerprint density at radius 1 is 1.38 bits per heavy atom. The predicted octanol–water partition coefficient (Wildman–Crippen LogP) is 2.66. The largest absolute Gasteiger partial charge is 0.478 e. The van der Waals surface area contributed by atoms with E-state index in [-0.39, 0.29) is 16.1 Å². The van der Waals surface area contributed by atoms with Crippen molar-refractivity contribution in [3.8, 4) is 0 Å². The number of nitrogens with zero attached hydrogens (tertiary/aromatic N) is 2. The second-order valence-corrected chi connectivity index (χ2v) is 5.58. The van der Waals surface area contributed by atoms with Crippen molar-refractivity contribution in [3.63, 3.8) is 0 Å². The van der Waals surface area contributed by atoms with E-state index in [2.05, 4.69) is 4.37 Å². The molecule has 6 nitrogen and oxygen atoms in total. The zero-order valence-electron chi connectivity index (χ0n) is 11.3. The van der Waals surface area contributed by atoms with Crippen LogP contribution in [0.1, 0.15) is 26.4 Å². The number of amides is 1. The summed E-state index contributed by atoms with van der Waals surface area (Å²) in [7, 11) is 1.48. The van der Waals surface area contributed by atoms with Gasteiger partial charge in [-0.3, -0.25) is 4.79 Å². The fourth-order valence-corrected chi connectivity index (χ4v) is 2.94. The van der Waals surface area contributed by atoms with Crippen LogP contribution >= 0.6 is 23.1 Å². The highest BCUT2D eigenvalue weighted by Gasteiger charge is 2.24. The van der Waals surface area contributed by atoms with Crippen molar-refractivity contribution in [2.45, 2.75) is 6.92 Å². The maximum atomic E-state index is 12.4.